The normalized spacial score (nSPS) is 22.2. The molecule has 0 spiro atoms. The molecule has 0 radical (unpaired) electrons. The van der Waals surface area contributed by atoms with Crippen LogP contribution in [-0.4, -0.2) is 55.0 Å². The number of amides is 2. The third kappa shape index (κ3) is 4.03. The first-order valence-electron chi connectivity index (χ1n) is 11.7. The maximum Gasteiger partial charge on any atom is 0.407 e. The molecular formula is C26H28N2O6. The number of aliphatic carboxylic acids is 1. The van der Waals surface area contributed by atoms with Gasteiger partial charge in [-0.2, -0.15) is 0 Å². The van der Waals surface area contributed by atoms with Crippen molar-refractivity contribution in [2.75, 3.05) is 26.4 Å². The van der Waals surface area contributed by atoms with Crippen LogP contribution in [0.3, 0.4) is 0 Å². The number of benzene rings is 2. The predicted octanol–water partition coefficient (Wildman–Crippen LogP) is 3.06. The van der Waals surface area contributed by atoms with E-state index in [1.54, 1.807) is 0 Å². The standard InChI is InChI=1S/C26H28N2O6/c29-22(28-26(11-12-26)23(30)31)25(10-5-13-33-16-25)15-27-24(32)34-14-21-19-8-3-1-6-17(19)18-7-2-4-9-20(18)21/h1-4,6-9,21H,5,10-16H2,(H,27,32)(H,28,29)(H,30,31). The minimum Gasteiger partial charge on any atom is -0.480 e. The molecule has 34 heavy (non-hydrogen) atoms. The molecule has 2 aliphatic carbocycles. The number of carboxylic acid groups (broad SMARTS) is 1. The smallest absolute Gasteiger partial charge is 0.407 e. The van der Waals surface area contributed by atoms with Crippen molar-refractivity contribution in [2.24, 2.45) is 5.41 Å². The molecule has 2 amide bonds. The topological polar surface area (TPSA) is 114 Å². The molecule has 178 valence electrons. The first-order chi connectivity index (χ1) is 16.4. The molecular weight excluding hydrogens is 436 g/mol. The van der Waals surface area contributed by atoms with Crippen LogP contribution in [0.1, 0.15) is 42.7 Å². The molecule has 1 saturated heterocycles. The van der Waals surface area contributed by atoms with Gasteiger partial charge in [-0.1, -0.05) is 48.5 Å². The summed E-state index contributed by atoms with van der Waals surface area (Å²) in [6.07, 6.45) is 1.35. The predicted molar refractivity (Wildman–Crippen MR) is 123 cm³/mol. The fourth-order valence-electron chi connectivity index (χ4n) is 5.01. The van der Waals surface area contributed by atoms with Gasteiger partial charge in [0.15, 0.2) is 0 Å². The van der Waals surface area contributed by atoms with E-state index in [4.69, 9.17) is 9.47 Å². The summed E-state index contributed by atoms with van der Waals surface area (Å²) in [4.78, 5) is 37.2. The van der Waals surface area contributed by atoms with Crippen LogP contribution in [0.4, 0.5) is 4.79 Å². The summed E-state index contributed by atoms with van der Waals surface area (Å²) in [5.41, 5.74) is 2.33. The number of ether oxygens (including phenoxy) is 2. The molecule has 8 nitrogen and oxygen atoms in total. The van der Waals surface area contributed by atoms with Gasteiger partial charge in [0.1, 0.15) is 12.1 Å². The number of hydrogen-bond donors (Lipinski definition) is 3. The molecule has 1 atom stereocenters. The fourth-order valence-corrected chi connectivity index (χ4v) is 5.01. The Bertz CT molecular complexity index is 1070. The summed E-state index contributed by atoms with van der Waals surface area (Å²) in [5, 5.41) is 14.9. The van der Waals surface area contributed by atoms with E-state index in [1.807, 2.05) is 24.3 Å². The van der Waals surface area contributed by atoms with Crippen LogP contribution < -0.4 is 10.6 Å². The third-order valence-electron chi connectivity index (χ3n) is 7.23. The second-order valence-corrected chi connectivity index (χ2v) is 9.46. The fraction of sp³-hybridized carbons (Fsp3) is 0.423. The zero-order valence-corrected chi connectivity index (χ0v) is 18.8. The number of carbonyl (C=O) groups is 3. The van der Waals surface area contributed by atoms with E-state index < -0.39 is 28.9 Å². The van der Waals surface area contributed by atoms with Crippen molar-refractivity contribution in [2.45, 2.75) is 37.1 Å². The highest BCUT2D eigenvalue weighted by molar-refractivity contribution is 5.92. The maximum atomic E-state index is 13.1. The summed E-state index contributed by atoms with van der Waals surface area (Å²) in [5.74, 6) is -1.48. The average Bonchev–Trinajstić information content (AvgIpc) is 3.58. The van der Waals surface area contributed by atoms with Crippen LogP contribution in [0.2, 0.25) is 0 Å². The highest BCUT2D eigenvalue weighted by Crippen LogP contribution is 2.44. The molecule has 2 aromatic carbocycles. The summed E-state index contributed by atoms with van der Waals surface area (Å²) >= 11 is 0. The Labute approximate surface area is 197 Å². The average molecular weight is 465 g/mol. The molecule has 1 aliphatic heterocycles. The lowest BCUT2D eigenvalue weighted by Crippen LogP contribution is -2.57. The van der Waals surface area contributed by atoms with Gasteiger partial charge in [0.2, 0.25) is 5.91 Å². The van der Waals surface area contributed by atoms with Crippen LogP contribution in [0, 0.1) is 5.41 Å². The quantitative estimate of drug-likeness (QED) is 0.580. The van der Waals surface area contributed by atoms with Crippen LogP contribution in [0.5, 0.6) is 0 Å². The molecule has 3 aliphatic rings. The highest BCUT2D eigenvalue weighted by Gasteiger charge is 2.54. The number of fused-ring (bicyclic) bond motifs is 3. The zero-order valence-electron chi connectivity index (χ0n) is 18.8. The van der Waals surface area contributed by atoms with Gasteiger partial charge in [0.25, 0.3) is 0 Å². The lowest BCUT2D eigenvalue weighted by molar-refractivity contribution is -0.148. The summed E-state index contributed by atoms with van der Waals surface area (Å²) in [6.45, 7) is 0.852. The van der Waals surface area contributed by atoms with E-state index in [0.717, 1.165) is 22.3 Å². The van der Waals surface area contributed by atoms with Crippen LogP contribution in [0.15, 0.2) is 48.5 Å². The minimum absolute atomic E-state index is 0.0191. The SMILES string of the molecule is O=C(NCC1(C(=O)NC2(C(=O)O)CC2)CCCOC1)OCC1c2ccccc2-c2ccccc21. The van der Waals surface area contributed by atoms with Crippen LogP contribution in [-0.2, 0) is 19.1 Å². The Morgan fingerprint density at radius 1 is 1.00 bits per heavy atom. The second-order valence-electron chi connectivity index (χ2n) is 9.46. The molecule has 5 rings (SSSR count). The summed E-state index contributed by atoms with van der Waals surface area (Å²) < 4.78 is 11.1. The van der Waals surface area contributed by atoms with Gasteiger partial charge in [-0.15, -0.1) is 0 Å². The number of nitrogens with one attached hydrogen (secondary N) is 2. The monoisotopic (exact) mass is 464 g/mol. The Morgan fingerprint density at radius 2 is 1.65 bits per heavy atom. The second kappa shape index (κ2) is 8.76. The summed E-state index contributed by atoms with van der Waals surface area (Å²) in [6, 6.07) is 16.2. The molecule has 3 N–H and O–H groups in total. The van der Waals surface area contributed by atoms with Gasteiger partial charge >= 0.3 is 12.1 Å². The van der Waals surface area contributed by atoms with Crippen LogP contribution in [0.25, 0.3) is 11.1 Å². The van der Waals surface area contributed by atoms with Crippen molar-refractivity contribution in [3.8, 4) is 11.1 Å². The molecule has 1 saturated carbocycles. The first kappa shape index (κ1) is 22.4. The van der Waals surface area contributed by atoms with Gasteiger partial charge in [0, 0.05) is 19.1 Å². The van der Waals surface area contributed by atoms with Gasteiger partial charge in [-0.05, 0) is 47.9 Å². The minimum atomic E-state index is -1.19. The number of rotatable bonds is 7. The largest absolute Gasteiger partial charge is 0.480 e. The van der Waals surface area contributed by atoms with E-state index in [-0.39, 0.29) is 25.7 Å². The number of alkyl carbamates (subject to hydrolysis) is 1. The summed E-state index contributed by atoms with van der Waals surface area (Å²) in [7, 11) is 0. The number of carboxylic acids is 1. The van der Waals surface area contributed by atoms with Crippen molar-refractivity contribution >= 4 is 18.0 Å². The number of carbonyl (C=O) groups excluding carboxylic acids is 2. The Kier molecular flexibility index (Phi) is 5.77. The lowest BCUT2D eigenvalue weighted by atomic mass is 9.81. The van der Waals surface area contributed by atoms with Gasteiger partial charge in [0.05, 0.1) is 12.0 Å². The van der Waals surface area contributed by atoms with E-state index in [1.165, 1.54) is 0 Å². The molecule has 2 aromatic rings. The maximum absolute atomic E-state index is 13.1. The molecule has 1 heterocycles. The van der Waals surface area contributed by atoms with E-state index in [9.17, 15) is 19.5 Å². The first-order valence-corrected chi connectivity index (χ1v) is 11.7. The van der Waals surface area contributed by atoms with E-state index in [2.05, 4.69) is 34.9 Å². The van der Waals surface area contributed by atoms with Crippen molar-refractivity contribution in [1.29, 1.82) is 0 Å². The zero-order chi connectivity index (χ0) is 23.8. The molecule has 2 fully saturated rings. The Hall–Kier alpha value is -3.39. The van der Waals surface area contributed by atoms with Crippen molar-refractivity contribution in [1.82, 2.24) is 10.6 Å². The lowest BCUT2D eigenvalue weighted by Gasteiger charge is -2.36. The van der Waals surface area contributed by atoms with Gasteiger partial charge in [-0.25, -0.2) is 9.59 Å². The Morgan fingerprint density at radius 3 is 2.21 bits per heavy atom. The molecule has 0 aromatic heterocycles. The van der Waals surface area contributed by atoms with Gasteiger partial charge in [-0.3, -0.25) is 4.79 Å². The van der Waals surface area contributed by atoms with Crippen molar-refractivity contribution in [3.05, 3.63) is 59.7 Å². The number of hydrogen-bond acceptors (Lipinski definition) is 5. The molecule has 8 heteroatoms. The third-order valence-corrected chi connectivity index (χ3v) is 7.23. The molecule has 1 unspecified atom stereocenters. The van der Waals surface area contributed by atoms with Crippen molar-refractivity contribution in [3.63, 3.8) is 0 Å². The Balaban J connectivity index is 1.23. The van der Waals surface area contributed by atoms with E-state index in [0.29, 0.717) is 32.3 Å². The van der Waals surface area contributed by atoms with Gasteiger partial charge < -0.3 is 25.2 Å². The highest BCUT2D eigenvalue weighted by atomic mass is 16.5. The molecule has 0 bridgehead atoms. The van der Waals surface area contributed by atoms with Crippen molar-refractivity contribution < 1.29 is 29.0 Å². The van der Waals surface area contributed by atoms with Crippen LogP contribution >= 0.6 is 0 Å². The van der Waals surface area contributed by atoms with E-state index >= 15 is 0 Å².